The van der Waals surface area contributed by atoms with Crippen LogP contribution in [0.5, 0.6) is 0 Å². The summed E-state index contributed by atoms with van der Waals surface area (Å²) >= 11 is 1.64. The molecule has 1 fully saturated rings. The Hall–Kier alpha value is -1.86. The summed E-state index contributed by atoms with van der Waals surface area (Å²) in [4.78, 5) is 26.2. The van der Waals surface area contributed by atoms with Gasteiger partial charge in [-0.05, 0) is 37.8 Å². The maximum atomic E-state index is 11.2. The molecule has 3 rings (SSSR count). The molecule has 0 spiro atoms. The first-order valence-electron chi connectivity index (χ1n) is 7.41. The molecule has 1 aliphatic rings. The Kier molecular flexibility index (Phi) is 4.74. The van der Waals surface area contributed by atoms with Crippen molar-refractivity contribution in [2.45, 2.75) is 25.8 Å². The lowest BCUT2D eigenvalue weighted by Gasteiger charge is -2.32. The van der Waals surface area contributed by atoms with Gasteiger partial charge in [-0.25, -0.2) is 15.0 Å². The second-order valence-electron chi connectivity index (χ2n) is 5.69. The highest BCUT2D eigenvalue weighted by Crippen LogP contribution is 2.21. The third-order valence-corrected chi connectivity index (χ3v) is 4.58. The fraction of sp³-hybridized carbons (Fsp3) is 0.467. The third-order valence-electron chi connectivity index (χ3n) is 3.95. The van der Waals surface area contributed by atoms with Crippen molar-refractivity contribution in [1.29, 1.82) is 0 Å². The normalized spacial score (nSPS) is 19.2. The molecule has 1 atom stereocenters. The molecule has 116 valence electrons. The molecule has 2 aromatic heterocycles. The fourth-order valence-corrected chi connectivity index (χ4v) is 3.50. The number of carbonyl (C=O) groups excluding carboxylic acids is 1. The molecular formula is C15H19N5OS. The van der Waals surface area contributed by atoms with E-state index in [0.717, 1.165) is 37.4 Å². The van der Waals surface area contributed by atoms with Crippen LogP contribution in [0.25, 0.3) is 0 Å². The average Bonchev–Trinajstić information content (AvgIpc) is 3.01. The van der Waals surface area contributed by atoms with E-state index in [2.05, 4.69) is 25.2 Å². The molecule has 3 heterocycles. The number of amides is 1. The number of nitrogens with zero attached hydrogens (tertiary/aromatic N) is 4. The lowest BCUT2D eigenvalue weighted by atomic mass is 9.93. The Balaban J connectivity index is 1.60. The lowest BCUT2D eigenvalue weighted by Crippen LogP contribution is -2.36. The lowest BCUT2D eigenvalue weighted by molar-refractivity contribution is 0.0995. The van der Waals surface area contributed by atoms with E-state index in [1.54, 1.807) is 17.4 Å². The van der Waals surface area contributed by atoms with Crippen LogP contribution < -0.4 is 5.73 Å². The Morgan fingerprint density at radius 1 is 1.36 bits per heavy atom. The standard InChI is InChI=1S/C15H19N5OS/c16-15(21)14-5-12(17-9-18-14)4-11-2-1-3-20(6-11)7-13-8-22-10-19-13/h5,8-11H,1-4,6-7H2,(H2,16,21)/t11-/m1/s1. The van der Waals surface area contributed by atoms with E-state index < -0.39 is 5.91 Å². The summed E-state index contributed by atoms with van der Waals surface area (Å²) in [6.07, 6.45) is 4.65. The van der Waals surface area contributed by atoms with E-state index in [9.17, 15) is 4.79 Å². The van der Waals surface area contributed by atoms with Gasteiger partial charge in [0, 0.05) is 24.2 Å². The van der Waals surface area contributed by atoms with E-state index in [-0.39, 0.29) is 0 Å². The number of carbonyl (C=O) groups is 1. The largest absolute Gasteiger partial charge is 0.364 e. The van der Waals surface area contributed by atoms with Gasteiger partial charge in [-0.2, -0.15) is 0 Å². The van der Waals surface area contributed by atoms with Crippen molar-refractivity contribution in [1.82, 2.24) is 19.9 Å². The van der Waals surface area contributed by atoms with Crippen LogP contribution in [0.15, 0.2) is 23.3 Å². The smallest absolute Gasteiger partial charge is 0.267 e. The third kappa shape index (κ3) is 3.86. The molecule has 7 heteroatoms. The molecular weight excluding hydrogens is 298 g/mol. The van der Waals surface area contributed by atoms with Gasteiger partial charge in [-0.1, -0.05) is 0 Å². The molecule has 2 aromatic rings. The molecule has 1 saturated heterocycles. The maximum Gasteiger partial charge on any atom is 0.267 e. The van der Waals surface area contributed by atoms with Crippen molar-refractivity contribution in [3.8, 4) is 0 Å². The van der Waals surface area contributed by atoms with Crippen LogP contribution in [0.2, 0.25) is 0 Å². The number of likely N-dealkylation sites (tertiary alicyclic amines) is 1. The second-order valence-corrected chi connectivity index (χ2v) is 6.40. The van der Waals surface area contributed by atoms with Crippen LogP contribution in [0.1, 0.15) is 34.7 Å². The SMILES string of the molecule is NC(=O)c1cc(C[C@H]2CCCN(Cc3cscn3)C2)ncn1. The van der Waals surface area contributed by atoms with Crippen molar-refractivity contribution in [2.75, 3.05) is 13.1 Å². The quantitative estimate of drug-likeness (QED) is 0.903. The number of piperidine rings is 1. The zero-order valence-corrected chi connectivity index (χ0v) is 13.1. The molecule has 6 nitrogen and oxygen atoms in total. The van der Waals surface area contributed by atoms with Gasteiger partial charge in [-0.15, -0.1) is 11.3 Å². The first-order chi connectivity index (χ1) is 10.7. The summed E-state index contributed by atoms with van der Waals surface area (Å²) in [5, 5.41) is 2.10. The van der Waals surface area contributed by atoms with E-state index in [0.29, 0.717) is 11.6 Å². The molecule has 0 aromatic carbocycles. The Morgan fingerprint density at radius 2 is 2.27 bits per heavy atom. The predicted octanol–water partition coefficient (Wildman–Crippen LogP) is 1.49. The van der Waals surface area contributed by atoms with Gasteiger partial charge in [0.2, 0.25) is 0 Å². The minimum Gasteiger partial charge on any atom is -0.364 e. The molecule has 0 aliphatic carbocycles. The van der Waals surface area contributed by atoms with Crippen molar-refractivity contribution >= 4 is 17.2 Å². The van der Waals surface area contributed by atoms with Crippen LogP contribution in [0, 0.1) is 5.92 Å². The van der Waals surface area contributed by atoms with Crippen molar-refractivity contribution in [2.24, 2.45) is 11.7 Å². The Morgan fingerprint density at radius 3 is 3.05 bits per heavy atom. The van der Waals surface area contributed by atoms with Crippen LogP contribution >= 0.6 is 11.3 Å². The fourth-order valence-electron chi connectivity index (χ4n) is 2.95. The highest BCUT2D eigenvalue weighted by Gasteiger charge is 2.21. The number of hydrogen-bond donors (Lipinski definition) is 1. The number of thiazole rings is 1. The maximum absolute atomic E-state index is 11.2. The monoisotopic (exact) mass is 317 g/mol. The number of primary amides is 1. The number of rotatable bonds is 5. The zero-order valence-electron chi connectivity index (χ0n) is 12.3. The zero-order chi connectivity index (χ0) is 15.4. The summed E-state index contributed by atoms with van der Waals surface area (Å²) in [5.74, 6) is 0.0421. The summed E-state index contributed by atoms with van der Waals surface area (Å²) in [6.45, 7) is 3.06. The molecule has 22 heavy (non-hydrogen) atoms. The van der Waals surface area contributed by atoms with E-state index in [1.807, 2.05) is 5.51 Å². The van der Waals surface area contributed by atoms with Crippen LogP contribution in [-0.2, 0) is 13.0 Å². The summed E-state index contributed by atoms with van der Waals surface area (Å²) < 4.78 is 0. The minimum absolute atomic E-state index is 0.292. The molecule has 1 aliphatic heterocycles. The molecule has 1 amide bonds. The second kappa shape index (κ2) is 6.93. The highest BCUT2D eigenvalue weighted by atomic mass is 32.1. The van der Waals surface area contributed by atoms with Crippen LogP contribution in [0.3, 0.4) is 0 Å². The molecule has 2 N–H and O–H groups in total. The molecule has 0 radical (unpaired) electrons. The van der Waals surface area contributed by atoms with E-state index in [4.69, 9.17) is 5.73 Å². The number of nitrogens with two attached hydrogens (primary N) is 1. The van der Waals surface area contributed by atoms with Gasteiger partial charge in [0.25, 0.3) is 5.91 Å². The summed E-state index contributed by atoms with van der Waals surface area (Å²) in [7, 11) is 0. The van der Waals surface area contributed by atoms with E-state index >= 15 is 0 Å². The van der Waals surface area contributed by atoms with Gasteiger partial charge < -0.3 is 5.73 Å². The average molecular weight is 317 g/mol. The minimum atomic E-state index is -0.502. The number of aromatic nitrogens is 3. The van der Waals surface area contributed by atoms with Crippen LogP contribution in [-0.4, -0.2) is 38.8 Å². The Bertz CT molecular complexity index is 631. The molecule has 0 unspecified atom stereocenters. The van der Waals surface area contributed by atoms with Gasteiger partial charge in [0.1, 0.15) is 12.0 Å². The summed E-state index contributed by atoms with van der Waals surface area (Å²) in [5.41, 5.74) is 9.48. The van der Waals surface area contributed by atoms with Gasteiger partial charge in [0.05, 0.1) is 11.2 Å². The predicted molar refractivity (Wildman–Crippen MR) is 84.4 cm³/mol. The van der Waals surface area contributed by atoms with Crippen molar-refractivity contribution < 1.29 is 4.79 Å². The van der Waals surface area contributed by atoms with Gasteiger partial charge >= 0.3 is 0 Å². The Labute approximate surface area is 133 Å². The topological polar surface area (TPSA) is 85.0 Å². The van der Waals surface area contributed by atoms with E-state index in [1.165, 1.54) is 19.2 Å². The first kappa shape index (κ1) is 15.1. The van der Waals surface area contributed by atoms with Crippen molar-refractivity contribution in [3.05, 3.63) is 40.4 Å². The number of hydrogen-bond acceptors (Lipinski definition) is 6. The van der Waals surface area contributed by atoms with Crippen molar-refractivity contribution in [3.63, 3.8) is 0 Å². The molecule has 0 bridgehead atoms. The summed E-state index contributed by atoms with van der Waals surface area (Å²) in [6, 6.07) is 1.71. The molecule has 0 saturated carbocycles. The van der Waals surface area contributed by atoms with Crippen LogP contribution in [0.4, 0.5) is 0 Å². The van der Waals surface area contributed by atoms with Gasteiger partial charge in [0.15, 0.2) is 0 Å². The first-order valence-corrected chi connectivity index (χ1v) is 8.35. The highest BCUT2D eigenvalue weighted by molar-refractivity contribution is 7.07. The van der Waals surface area contributed by atoms with Gasteiger partial charge in [-0.3, -0.25) is 9.69 Å².